The van der Waals surface area contributed by atoms with E-state index < -0.39 is 12.1 Å². The quantitative estimate of drug-likeness (QED) is 0.833. The molecule has 0 spiro atoms. The van der Waals surface area contributed by atoms with Crippen LogP contribution in [0.5, 0.6) is 0 Å². The van der Waals surface area contributed by atoms with Gasteiger partial charge in [-0.2, -0.15) is 0 Å². The van der Waals surface area contributed by atoms with Crippen molar-refractivity contribution < 1.29 is 14.3 Å². The molecule has 1 aromatic rings. The van der Waals surface area contributed by atoms with E-state index in [-0.39, 0.29) is 11.8 Å². The van der Waals surface area contributed by atoms with E-state index in [0.717, 1.165) is 24.5 Å². The van der Waals surface area contributed by atoms with Crippen LogP contribution in [0, 0.1) is 5.92 Å². The SMILES string of the molecule is COC(=O)NC(CC(C)C)C(=O)NCc1cn2c(n1)CCCC2. The lowest BCUT2D eigenvalue weighted by Crippen LogP contribution is -2.47. The van der Waals surface area contributed by atoms with Crippen molar-refractivity contribution in [3.05, 3.63) is 17.7 Å². The van der Waals surface area contributed by atoms with Crippen molar-refractivity contribution in [3.8, 4) is 0 Å². The lowest BCUT2D eigenvalue weighted by molar-refractivity contribution is -0.123. The zero-order valence-electron chi connectivity index (χ0n) is 14.1. The Morgan fingerprint density at radius 2 is 2.17 bits per heavy atom. The highest BCUT2D eigenvalue weighted by atomic mass is 16.5. The number of ether oxygens (including phenoxy) is 1. The Bertz CT molecular complexity index is 530. The number of fused-ring (bicyclic) bond motifs is 1. The second kappa shape index (κ2) is 7.99. The fraction of sp³-hybridized carbons (Fsp3) is 0.688. The summed E-state index contributed by atoms with van der Waals surface area (Å²) in [7, 11) is 1.29. The number of nitrogens with zero attached hydrogens (tertiary/aromatic N) is 2. The number of nitrogens with one attached hydrogen (secondary N) is 2. The smallest absolute Gasteiger partial charge is 0.407 e. The van der Waals surface area contributed by atoms with E-state index in [0.29, 0.717) is 13.0 Å². The van der Waals surface area contributed by atoms with Gasteiger partial charge in [0.15, 0.2) is 0 Å². The molecule has 0 fully saturated rings. The van der Waals surface area contributed by atoms with Crippen molar-refractivity contribution in [3.63, 3.8) is 0 Å². The molecular formula is C16H26N4O3. The third-order valence-electron chi connectivity index (χ3n) is 3.90. The van der Waals surface area contributed by atoms with Gasteiger partial charge in [-0.05, 0) is 25.2 Å². The van der Waals surface area contributed by atoms with Crippen molar-refractivity contribution in [1.82, 2.24) is 20.2 Å². The number of imidazole rings is 1. The molecule has 0 bridgehead atoms. The molecule has 7 heteroatoms. The van der Waals surface area contributed by atoms with Crippen LogP contribution in [-0.2, 0) is 29.0 Å². The molecule has 1 unspecified atom stereocenters. The molecule has 1 aliphatic heterocycles. The minimum Gasteiger partial charge on any atom is -0.453 e. The molecule has 0 saturated carbocycles. The summed E-state index contributed by atoms with van der Waals surface area (Å²) in [4.78, 5) is 28.3. The van der Waals surface area contributed by atoms with Crippen molar-refractivity contribution in [2.24, 2.45) is 5.92 Å². The second-order valence-electron chi connectivity index (χ2n) is 6.33. The predicted molar refractivity (Wildman–Crippen MR) is 85.8 cm³/mol. The van der Waals surface area contributed by atoms with Crippen LogP contribution < -0.4 is 10.6 Å². The Hall–Kier alpha value is -2.05. The number of hydrogen-bond donors (Lipinski definition) is 2. The number of rotatable bonds is 6. The molecule has 128 valence electrons. The van der Waals surface area contributed by atoms with Crippen LogP contribution in [0.3, 0.4) is 0 Å². The summed E-state index contributed by atoms with van der Waals surface area (Å²) in [6, 6.07) is -0.598. The summed E-state index contributed by atoms with van der Waals surface area (Å²) >= 11 is 0. The lowest BCUT2D eigenvalue weighted by Gasteiger charge is -2.19. The van der Waals surface area contributed by atoms with Gasteiger partial charge >= 0.3 is 6.09 Å². The molecule has 1 aliphatic rings. The average molecular weight is 322 g/mol. The van der Waals surface area contributed by atoms with Crippen LogP contribution in [0.4, 0.5) is 4.79 Å². The molecule has 0 saturated heterocycles. The van der Waals surface area contributed by atoms with Crippen LogP contribution in [0.2, 0.25) is 0 Å². The van der Waals surface area contributed by atoms with Crippen molar-refractivity contribution in [2.75, 3.05) is 7.11 Å². The topological polar surface area (TPSA) is 85.2 Å². The van der Waals surface area contributed by atoms with Crippen LogP contribution in [0.25, 0.3) is 0 Å². The van der Waals surface area contributed by atoms with Gasteiger partial charge < -0.3 is 19.9 Å². The van der Waals surface area contributed by atoms with Gasteiger partial charge in [0.25, 0.3) is 0 Å². The van der Waals surface area contributed by atoms with E-state index >= 15 is 0 Å². The number of methoxy groups -OCH3 is 1. The summed E-state index contributed by atoms with van der Waals surface area (Å²) < 4.78 is 6.74. The first-order chi connectivity index (χ1) is 11.0. The Kier molecular flexibility index (Phi) is 6.01. The number of aromatic nitrogens is 2. The largest absolute Gasteiger partial charge is 0.453 e. The third-order valence-corrected chi connectivity index (χ3v) is 3.90. The van der Waals surface area contributed by atoms with Gasteiger partial charge in [0.2, 0.25) is 5.91 Å². The molecule has 2 N–H and O–H groups in total. The van der Waals surface area contributed by atoms with Gasteiger partial charge in [0.05, 0.1) is 19.3 Å². The van der Waals surface area contributed by atoms with Crippen LogP contribution in [-0.4, -0.2) is 34.7 Å². The normalized spacial score (nSPS) is 15.0. The van der Waals surface area contributed by atoms with Gasteiger partial charge in [0.1, 0.15) is 11.9 Å². The zero-order valence-corrected chi connectivity index (χ0v) is 14.1. The van der Waals surface area contributed by atoms with E-state index in [9.17, 15) is 9.59 Å². The lowest BCUT2D eigenvalue weighted by atomic mass is 10.0. The van der Waals surface area contributed by atoms with Gasteiger partial charge in [0, 0.05) is 19.2 Å². The molecule has 0 aliphatic carbocycles. The molecule has 0 radical (unpaired) electrons. The van der Waals surface area contributed by atoms with E-state index in [1.165, 1.54) is 20.0 Å². The van der Waals surface area contributed by atoms with Crippen molar-refractivity contribution in [2.45, 2.75) is 58.7 Å². The molecule has 0 aromatic carbocycles. The monoisotopic (exact) mass is 322 g/mol. The molecule has 23 heavy (non-hydrogen) atoms. The van der Waals surface area contributed by atoms with Crippen LogP contribution >= 0.6 is 0 Å². The van der Waals surface area contributed by atoms with Gasteiger partial charge in [-0.1, -0.05) is 13.8 Å². The first-order valence-electron chi connectivity index (χ1n) is 8.16. The summed E-state index contributed by atoms with van der Waals surface area (Å²) in [6.45, 7) is 5.37. The molecule has 7 nitrogen and oxygen atoms in total. The Morgan fingerprint density at radius 1 is 1.39 bits per heavy atom. The average Bonchev–Trinajstić information content (AvgIpc) is 2.94. The summed E-state index contributed by atoms with van der Waals surface area (Å²) in [6.07, 6.45) is 5.30. The maximum absolute atomic E-state index is 12.3. The molecular weight excluding hydrogens is 296 g/mol. The highest BCUT2D eigenvalue weighted by molar-refractivity contribution is 5.85. The highest BCUT2D eigenvalue weighted by Crippen LogP contribution is 2.14. The van der Waals surface area contributed by atoms with Gasteiger partial charge in [-0.25, -0.2) is 9.78 Å². The summed E-state index contributed by atoms with van der Waals surface area (Å²) in [5, 5.41) is 5.44. The van der Waals surface area contributed by atoms with E-state index in [1.54, 1.807) is 0 Å². The Morgan fingerprint density at radius 3 is 2.83 bits per heavy atom. The number of aryl methyl sites for hydroxylation is 2. The number of alkyl carbamates (subject to hydrolysis) is 1. The minimum atomic E-state index is -0.598. The van der Waals surface area contributed by atoms with Crippen LogP contribution in [0.15, 0.2) is 6.20 Å². The first kappa shape index (κ1) is 17.3. The standard InChI is InChI=1S/C16H26N4O3/c1-11(2)8-13(19-16(22)23-3)15(21)17-9-12-10-20-7-5-4-6-14(20)18-12/h10-11,13H,4-9H2,1-3H3,(H,17,21)(H,19,22). The number of amides is 2. The van der Waals surface area contributed by atoms with Crippen molar-refractivity contribution >= 4 is 12.0 Å². The Labute approximate surface area is 136 Å². The highest BCUT2D eigenvalue weighted by Gasteiger charge is 2.22. The minimum absolute atomic E-state index is 0.213. The summed E-state index contributed by atoms with van der Waals surface area (Å²) in [5.74, 6) is 1.16. The molecule has 2 rings (SSSR count). The third kappa shape index (κ3) is 4.97. The van der Waals surface area contributed by atoms with Gasteiger partial charge in [-0.3, -0.25) is 4.79 Å². The Balaban J connectivity index is 1.92. The maximum atomic E-state index is 12.3. The maximum Gasteiger partial charge on any atom is 0.407 e. The van der Waals surface area contributed by atoms with Crippen LogP contribution in [0.1, 0.15) is 44.6 Å². The van der Waals surface area contributed by atoms with Crippen molar-refractivity contribution in [1.29, 1.82) is 0 Å². The van der Waals surface area contributed by atoms with Gasteiger partial charge in [-0.15, -0.1) is 0 Å². The van der Waals surface area contributed by atoms with E-state index in [4.69, 9.17) is 0 Å². The summed E-state index contributed by atoms with van der Waals surface area (Å²) in [5.41, 5.74) is 0.858. The fourth-order valence-electron chi connectivity index (χ4n) is 2.76. The second-order valence-corrected chi connectivity index (χ2v) is 6.33. The number of carbonyl (C=O) groups is 2. The molecule has 1 aromatic heterocycles. The molecule has 2 heterocycles. The first-order valence-corrected chi connectivity index (χ1v) is 8.16. The fourth-order valence-corrected chi connectivity index (χ4v) is 2.76. The predicted octanol–water partition coefficient (Wildman–Crippen LogP) is 1.61. The number of carbonyl (C=O) groups excluding carboxylic acids is 2. The van der Waals surface area contributed by atoms with E-state index in [2.05, 4.69) is 24.9 Å². The zero-order chi connectivity index (χ0) is 16.8. The molecule has 1 atom stereocenters. The van der Waals surface area contributed by atoms with E-state index in [1.807, 2.05) is 20.0 Å². The number of hydrogen-bond acceptors (Lipinski definition) is 4. The molecule has 2 amide bonds.